The van der Waals surface area contributed by atoms with E-state index in [1.165, 1.54) is 11.8 Å². The van der Waals surface area contributed by atoms with Crippen molar-refractivity contribution in [3.63, 3.8) is 0 Å². The van der Waals surface area contributed by atoms with E-state index in [-0.39, 0.29) is 11.7 Å². The summed E-state index contributed by atoms with van der Waals surface area (Å²) in [7, 11) is 3.13. The van der Waals surface area contributed by atoms with Crippen LogP contribution in [0, 0.1) is 0 Å². The van der Waals surface area contributed by atoms with Crippen LogP contribution in [-0.2, 0) is 4.79 Å². The number of ether oxygens (including phenoxy) is 2. The number of amides is 1. The zero-order valence-corrected chi connectivity index (χ0v) is 17.2. The van der Waals surface area contributed by atoms with Crippen LogP contribution >= 0.6 is 11.8 Å². The van der Waals surface area contributed by atoms with Crippen LogP contribution in [0.3, 0.4) is 0 Å². The van der Waals surface area contributed by atoms with Gasteiger partial charge in [-0.2, -0.15) is 0 Å². The van der Waals surface area contributed by atoms with Gasteiger partial charge in [-0.25, -0.2) is 4.99 Å². The maximum Gasteiger partial charge on any atom is 0.234 e. The van der Waals surface area contributed by atoms with E-state index in [1.807, 2.05) is 44.2 Å². The summed E-state index contributed by atoms with van der Waals surface area (Å²) in [5.74, 6) is 1.28. The number of thioether (sulfide) groups is 1. The maximum atomic E-state index is 12.4. The number of anilines is 1. The highest BCUT2D eigenvalue weighted by molar-refractivity contribution is 8.16. The van der Waals surface area contributed by atoms with Gasteiger partial charge in [0, 0.05) is 17.3 Å². The minimum Gasteiger partial charge on any atom is -0.493 e. The van der Waals surface area contributed by atoms with Gasteiger partial charge in [-0.1, -0.05) is 42.1 Å². The van der Waals surface area contributed by atoms with Crippen molar-refractivity contribution in [3.8, 4) is 11.5 Å². The summed E-state index contributed by atoms with van der Waals surface area (Å²) < 4.78 is 10.5. The first kappa shape index (κ1) is 19.9. The lowest BCUT2D eigenvalue weighted by molar-refractivity contribution is -0.113. The van der Waals surface area contributed by atoms with Gasteiger partial charge in [0.25, 0.3) is 0 Å². The maximum absolute atomic E-state index is 12.4. The minimum absolute atomic E-state index is 0.128. The number of nitrogens with one attached hydrogen (secondary N) is 1. The summed E-state index contributed by atoms with van der Waals surface area (Å²) in [5, 5.41) is 3.65. The van der Waals surface area contributed by atoms with Crippen molar-refractivity contribution in [1.82, 2.24) is 0 Å². The zero-order valence-electron chi connectivity index (χ0n) is 16.4. The van der Waals surface area contributed by atoms with Gasteiger partial charge in [-0.3, -0.25) is 9.79 Å². The Morgan fingerprint density at radius 2 is 1.75 bits per heavy atom. The molecule has 0 aromatic heterocycles. The molecule has 0 saturated carbocycles. The van der Waals surface area contributed by atoms with Crippen LogP contribution in [0.15, 0.2) is 58.5 Å². The lowest BCUT2D eigenvalue weighted by Crippen LogP contribution is -2.17. The predicted octanol–water partition coefficient (Wildman–Crippen LogP) is 4.01. The molecule has 0 aliphatic carbocycles. The first-order valence-corrected chi connectivity index (χ1v) is 9.80. The van der Waals surface area contributed by atoms with Crippen LogP contribution in [0.5, 0.6) is 11.5 Å². The fourth-order valence-electron chi connectivity index (χ4n) is 2.78. The highest BCUT2D eigenvalue weighted by atomic mass is 32.2. The van der Waals surface area contributed by atoms with E-state index in [0.717, 1.165) is 16.3 Å². The Hall–Kier alpha value is -2.80. The quantitative estimate of drug-likeness (QED) is 0.799. The number of hydrogen-bond donors (Lipinski definition) is 1. The second-order valence-corrected chi connectivity index (χ2v) is 7.61. The number of aliphatic imine (C=N–C) groups is 2. The van der Waals surface area contributed by atoms with Gasteiger partial charge >= 0.3 is 0 Å². The number of methoxy groups -OCH3 is 2. The molecule has 1 heterocycles. The van der Waals surface area contributed by atoms with Gasteiger partial charge in [0.05, 0.1) is 25.7 Å². The van der Waals surface area contributed by atoms with Gasteiger partial charge in [0.15, 0.2) is 11.5 Å². The average Bonchev–Trinajstić information content (AvgIpc) is 3.01. The van der Waals surface area contributed by atoms with Crippen molar-refractivity contribution >= 4 is 34.1 Å². The van der Waals surface area contributed by atoms with Crippen molar-refractivity contribution in [2.24, 2.45) is 9.98 Å². The molecule has 0 unspecified atom stereocenters. The number of benzene rings is 2. The third-order valence-electron chi connectivity index (χ3n) is 4.02. The molecule has 0 bridgehead atoms. The minimum atomic E-state index is -0.521. The second kappa shape index (κ2) is 8.48. The van der Waals surface area contributed by atoms with Crippen molar-refractivity contribution in [2.75, 3.05) is 25.3 Å². The van der Waals surface area contributed by atoms with E-state index in [0.29, 0.717) is 17.2 Å². The summed E-state index contributed by atoms with van der Waals surface area (Å²) >= 11 is 1.39. The second-order valence-electron chi connectivity index (χ2n) is 6.64. The molecule has 146 valence electrons. The standard InChI is InChI=1S/C21H23N3O3S/c1-21(2)23-19(14-8-6-5-7-9-14)20(24-21)28-13-18(25)22-15-10-11-16(26-3)17(12-15)27-4/h5-12H,13H2,1-4H3,(H,22,25). The van der Waals surface area contributed by atoms with Crippen LogP contribution in [-0.4, -0.2) is 42.3 Å². The number of hydrogen-bond acceptors (Lipinski definition) is 6. The molecule has 7 heteroatoms. The Kier molecular flexibility index (Phi) is 6.04. The molecular weight excluding hydrogens is 374 g/mol. The van der Waals surface area contributed by atoms with Crippen LogP contribution in [0.4, 0.5) is 5.69 Å². The first-order valence-electron chi connectivity index (χ1n) is 8.82. The lowest BCUT2D eigenvalue weighted by atomic mass is 10.1. The summed E-state index contributed by atoms with van der Waals surface area (Å²) in [6, 6.07) is 15.2. The average molecular weight is 398 g/mol. The van der Waals surface area contributed by atoms with Crippen molar-refractivity contribution < 1.29 is 14.3 Å². The number of carbonyl (C=O) groups excluding carboxylic acids is 1. The third kappa shape index (κ3) is 4.72. The molecule has 0 fully saturated rings. The molecule has 3 rings (SSSR count). The molecule has 0 spiro atoms. The molecular formula is C21H23N3O3S. The van der Waals surface area contributed by atoms with Crippen LogP contribution in [0.1, 0.15) is 19.4 Å². The summed E-state index contributed by atoms with van der Waals surface area (Å²) in [6.45, 7) is 3.90. The molecule has 6 nitrogen and oxygen atoms in total. The molecule has 0 saturated heterocycles. The van der Waals surface area contributed by atoms with E-state index in [2.05, 4.69) is 10.3 Å². The van der Waals surface area contributed by atoms with Gasteiger partial charge < -0.3 is 14.8 Å². The van der Waals surface area contributed by atoms with Gasteiger partial charge in [0.1, 0.15) is 10.7 Å². The van der Waals surface area contributed by atoms with E-state index < -0.39 is 5.66 Å². The number of rotatable bonds is 6. The molecule has 1 N–H and O–H groups in total. The molecule has 2 aromatic carbocycles. The Labute approximate surface area is 169 Å². The zero-order chi connectivity index (χ0) is 20.1. The Bertz CT molecular complexity index is 924. The summed E-state index contributed by atoms with van der Waals surface area (Å²) in [4.78, 5) is 21.8. The molecule has 0 radical (unpaired) electrons. The highest BCUT2D eigenvalue weighted by Gasteiger charge is 2.28. The van der Waals surface area contributed by atoms with Crippen molar-refractivity contribution in [3.05, 3.63) is 54.1 Å². The van der Waals surface area contributed by atoms with Gasteiger partial charge in [-0.05, 0) is 26.0 Å². The molecule has 1 aliphatic heterocycles. The monoisotopic (exact) mass is 397 g/mol. The first-order chi connectivity index (χ1) is 13.4. The molecule has 28 heavy (non-hydrogen) atoms. The normalized spacial score (nSPS) is 14.9. The fourth-order valence-corrected chi connectivity index (χ4v) is 3.71. The SMILES string of the molecule is COc1ccc(NC(=O)CSC2=NC(C)(C)N=C2c2ccccc2)cc1OC. The van der Waals surface area contributed by atoms with Crippen LogP contribution in [0.25, 0.3) is 0 Å². The van der Waals surface area contributed by atoms with Crippen LogP contribution < -0.4 is 14.8 Å². The summed E-state index contributed by atoms with van der Waals surface area (Å²) in [5.41, 5.74) is 1.95. The molecule has 1 aliphatic rings. The van der Waals surface area contributed by atoms with E-state index >= 15 is 0 Å². The Morgan fingerprint density at radius 3 is 2.43 bits per heavy atom. The van der Waals surface area contributed by atoms with Crippen molar-refractivity contribution in [2.45, 2.75) is 19.5 Å². The Morgan fingerprint density at radius 1 is 1.04 bits per heavy atom. The van der Waals surface area contributed by atoms with Crippen LogP contribution in [0.2, 0.25) is 0 Å². The van der Waals surface area contributed by atoms with Gasteiger partial charge in [0.2, 0.25) is 5.91 Å². The topological polar surface area (TPSA) is 72.3 Å². The number of carbonyl (C=O) groups is 1. The summed E-state index contributed by atoms with van der Waals surface area (Å²) in [6.07, 6.45) is 0. The van der Waals surface area contributed by atoms with E-state index in [4.69, 9.17) is 14.5 Å². The largest absolute Gasteiger partial charge is 0.493 e. The van der Waals surface area contributed by atoms with Gasteiger partial charge in [-0.15, -0.1) is 0 Å². The number of nitrogens with zero attached hydrogens (tertiary/aromatic N) is 2. The van der Waals surface area contributed by atoms with E-state index in [9.17, 15) is 4.79 Å². The predicted molar refractivity (Wildman–Crippen MR) is 115 cm³/mol. The molecule has 1 amide bonds. The fraction of sp³-hybridized carbons (Fsp3) is 0.286. The molecule has 2 aromatic rings. The third-order valence-corrected chi connectivity index (χ3v) is 4.98. The highest BCUT2D eigenvalue weighted by Crippen LogP contribution is 2.30. The lowest BCUT2D eigenvalue weighted by Gasteiger charge is -2.11. The molecule has 0 atom stereocenters. The van der Waals surface area contributed by atoms with Crippen molar-refractivity contribution in [1.29, 1.82) is 0 Å². The smallest absolute Gasteiger partial charge is 0.234 e. The van der Waals surface area contributed by atoms with E-state index in [1.54, 1.807) is 32.4 Å². The Balaban J connectivity index is 1.66.